The number of rotatable bonds is 5. The number of methoxy groups -OCH3 is 1. The Morgan fingerprint density at radius 3 is 2.06 bits per heavy atom. The van der Waals surface area contributed by atoms with Crippen molar-refractivity contribution in [3.63, 3.8) is 0 Å². The standard InChI is InChI=1S/C27H23NO4/c1-17-14-21-22(15-18(17)2)28(16-19-10-6-4-7-11-19)26(30)24(27(31)32-3)23(21)25(29)20-12-8-5-9-13-20/h4-15H,16H2,1-3H3. The lowest BCUT2D eigenvalue weighted by Crippen LogP contribution is -2.31. The quantitative estimate of drug-likeness (QED) is 0.344. The Kier molecular flexibility index (Phi) is 5.73. The van der Waals surface area contributed by atoms with E-state index >= 15 is 0 Å². The molecular weight excluding hydrogens is 402 g/mol. The van der Waals surface area contributed by atoms with Gasteiger partial charge in [0.2, 0.25) is 0 Å². The van der Waals surface area contributed by atoms with Crippen LogP contribution in [0.1, 0.15) is 43.0 Å². The van der Waals surface area contributed by atoms with Crippen molar-refractivity contribution in [1.82, 2.24) is 4.57 Å². The van der Waals surface area contributed by atoms with Crippen molar-refractivity contribution < 1.29 is 14.3 Å². The van der Waals surface area contributed by atoms with Crippen LogP contribution in [0, 0.1) is 13.8 Å². The van der Waals surface area contributed by atoms with Crippen molar-refractivity contribution in [2.24, 2.45) is 0 Å². The molecule has 0 fully saturated rings. The highest BCUT2D eigenvalue weighted by Gasteiger charge is 2.28. The summed E-state index contributed by atoms with van der Waals surface area (Å²) in [4.78, 5) is 40.0. The molecule has 32 heavy (non-hydrogen) atoms. The molecule has 0 amide bonds. The van der Waals surface area contributed by atoms with E-state index in [1.165, 1.54) is 7.11 Å². The van der Waals surface area contributed by atoms with Crippen LogP contribution in [-0.2, 0) is 11.3 Å². The summed E-state index contributed by atoms with van der Waals surface area (Å²) in [5.74, 6) is -1.21. The summed E-state index contributed by atoms with van der Waals surface area (Å²) in [6.07, 6.45) is 0. The zero-order chi connectivity index (χ0) is 22.8. The van der Waals surface area contributed by atoms with Crippen molar-refractivity contribution in [3.05, 3.63) is 117 Å². The van der Waals surface area contributed by atoms with E-state index in [4.69, 9.17) is 4.74 Å². The molecule has 0 aliphatic heterocycles. The Hall–Kier alpha value is -3.99. The first-order valence-electron chi connectivity index (χ1n) is 10.3. The van der Waals surface area contributed by atoms with E-state index in [1.807, 2.05) is 56.3 Å². The molecule has 4 aromatic rings. The molecule has 0 atom stereocenters. The summed E-state index contributed by atoms with van der Waals surface area (Å²) in [6, 6.07) is 21.9. The number of carbonyl (C=O) groups is 2. The van der Waals surface area contributed by atoms with Gasteiger partial charge in [-0.1, -0.05) is 60.7 Å². The number of nitrogens with zero attached hydrogens (tertiary/aromatic N) is 1. The number of carbonyl (C=O) groups excluding carboxylic acids is 2. The Labute approximate surface area is 185 Å². The van der Waals surface area contributed by atoms with Gasteiger partial charge in [0.05, 0.1) is 24.7 Å². The summed E-state index contributed by atoms with van der Waals surface area (Å²) in [5.41, 5.74) is 3.15. The maximum atomic E-state index is 13.7. The van der Waals surface area contributed by atoms with Crippen LogP contribution in [0.3, 0.4) is 0 Å². The largest absolute Gasteiger partial charge is 0.465 e. The molecular formula is C27H23NO4. The van der Waals surface area contributed by atoms with Crippen LogP contribution >= 0.6 is 0 Å². The van der Waals surface area contributed by atoms with Crippen molar-refractivity contribution in [3.8, 4) is 0 Å². The Bertz CT molecular complexity index is 1390. The molecule has 0 aliphatic carbocycles. The van der Waals surface area contributed by atoms with Crippen LogP contribution < -0.4 is 5.56 Å². The maximum Gasteiger partial charge on any atom is 0.344 e. The minimum Gasteiger partial charge on any atom is -0.465 e. The molecule has 0 N–H and O–H groups in total. The lowest BCUT2D eigenvalue weighted by molar-refractivity contribution is 0.0595. The third-order valence-corrected chi connectivity index (χ3v) is 5.72. The average molecular weight is 425 g/mol. The second-order valence-corrected chi connectivity index (χ2v) is 7.77. The summed E-state index contributed by atoms with van der Waals surface area (Å²) in [6.45, 7) is 4.16. The van der Waals surface area contributed by atoms with E-state index in [9.17, 15) is 14.4 Å². The minimum atomic E-state index is -0.823. The number of ketones is 1. The summed E-state index contributed by atoms with van der Waals surface area (Å²) in [7, 11) is 1.21. The molecule has 0 aliphatic rings. The van der Waals surface area contributed by atoms with Crippen LogP contribution in [0.4, 0.5) is 0 Å². The number of fused-ring (bicyclic) bond motifs is 1. The molecule has 3 aromatic carbocycles. The van der Waals surface area contributed by atoms with Gasteiger partial charge in [-0.15, -0.1) is 0 Å². The van der Waals surface area contributed by atoms with Gasteiger partial charge >= 0.3 is 5.97 Å². The number of aryl methyl sites for hydroxylation is 2. The highest BCUT2D eigenvalue weighted by molar-refractivity contribution is 6.21. The van der Waals surface area contributed by atoms with E-state index in [0.717, 1.165) is 16.7 Å². The van der Waals surface area contributed by atoms with Gasteiger partial charge in [0.15, 0.2) is 5.78 Å². The average Bonchev–Trinajstić information content (AvgIpc) is 2.82. The zero-order valence-corrected chi connectivity index (χ0v) is 18.2. The second kappa shape index (κ2) is 8.63. The molecule has 4 rings (SSSR count). The maximum absolute atomic E-state index is 13.7. The van der Waals surface area contributed by atoms with E-state index in [1.54, 1.807) is 34.9 Å². The highest BCUT2D eigenvalue weighted by Crippen LogP contribution is 2.27. The summed E-state index contributed by atoms with van der Waals surface area (Å²) in [5, 5.41) is 0.554. The topological polar surface area (TPSA) is 65.4 Å². The normalized spacial score (nSPS) is 10.8. The van der Waals surface area contributed by atoms with Gasteiger partial charge < -0.3 is 9.30 Å². The first kappa shape index (κ1) is 21.2. The molecule has 1 heterocycles. The fourth-order valence-corrected chi connectivity index (χ4v) is 3.89. The van der Waals surface area contributed by atoms with Crippen molar-refractivity contribution in [2.75, 3.05) is 7.11 Å². The third-order valence-electron chi connectivity index (χ3n) is 5.72. The van der Waals surface area contributed by atoms with Gasteiger partial charge in [-0.3, -0.25) is 9.59 Å². The smallest absolute Gasteiger partial charge is 0.344 e. The first-order chi connectivity index (χ1) is 15.4. The van der Waals surface area contributed by atoms with Gasteiger partial charge in [0, 0.05) is 10.9 Å². The third kappa shape index (κ3) is 3.73. The second-order valence-electron chi connectivity index (χ2n) is 7.77. The number of esters is 1. The van der Waals surface area contributed by atoms with E-state index in [2.05, 4.69) is 0 Å². The van der Waals surface area contributed by atoms with Crippen molar-refractivity contribution >= 4 is 22.7 Å². The predicted octanol–water partition coefficient (Wildman–Crippen LogP) is 4.68. The molecule has 0 radical (unpaired) electrons. The zero-order valence-electron chi connectivity index (χ0n) is 18.2. The highest BCUT2D eigenvalue weighted by atomic mass is 16.5. The minimum absolute atomic E-state index is 0.0791. The monoisotopic (exact) mass is 425 g/mol. The number of ether oxygens (including phenoxy) is 1. The SMILES string of the molecule is COC(=O)c1c(C(=O)c2ccccc2)c2cc(C)c(C)cc2n(Cc2ccccc2)c1=O. The fourth-order valence-electron chi connectivity index (χ4n) is 3.89. The molecule has 0 unspecified atom stereocenters. The van der Waals surface area contributed by atoms with E-state index in [-0.39, 0.29) is 23.5 Å². The number of benzene rings is 3. The van der Waals surface area contributed by atoms with Crippen molar-refractivity contribution in [2.45, 2.75) is 20.4 Å². The predicted molar refractivity (Wildman–Crippen MR) is 124 cm³/mol. The molecule has 0 saturated carbocycles. The van der Waals surface area contributed by atoms with Gasteiger partial charge in [0.1, 0.15) is 5.56 Å². The van der Waals surface area contributed by atoms with Crippen LogP contribution in [0.25, 0.3) is 10.9 Å². The lowest BCUT2D eigenvalue weighted by atomic mass is 9.92. The molecule has 1 aromatic heterocycles. The van der Waals surface area contributed by atoms with Crippen LogP contribution in [0.15, 0.2) is 77.6 Å². The van der Waals surface area contributed by atoms with Crippen LogP contribution in [0.5, 0.6) is 0 Å². The molecule has 0 spiro atoms. The Morgan fingerprint density at radius 1 is 0.844 bits per heavy atom. The molecule has 0 saturated heterocycles. The summed E-state index contributed by atoms with van der Waals surface area (Å²) < 4.78 is 6.49. The Balaban J connectivity index is 2.12. The fraction of sp³-hybridized carbons (Fsp3) is 0.148. The number of pyridine rings is 1. The van der Waals surface area contributed by atoms with Gasteiger partial charge in [0.25, 0.3) is 5.56 Å². The van der Waals surface area contributed by atoms with Gasteiger partial charge in [-0.25, -0.2) is 4.79 Å². The van der Waals surface area contributed by atoms with Crippen molar-refractivity contribution in [1.29, 1.82) is 0 Å². The van der Waals surface area contributed by atoms with Gasteiger partial charge in [-0.2, -0.15) is 0 Å². The van der Waals surface area contributed by atoms with E-state index < -0.39 is 11.5 Å². The van der Waals surface area contributed by atoms with Gasteiger partial charge in [-0.05, 0) is 42.7 Å². The number of hydrogen-bond donors (Lipinski definition) is 0. The van der Waals surface area contributed by atoms with Crippen LogP contribution in [-0.4, -0.2) is 23.4 Å². The lowest BCUT2D eigenvalue weighted by Gasteiger charge is -2.18. The number of hydrogen-bond acceptors (Lipinski definition) is 4. The number of aromatic nitrogens is 1. The van der Waals surface area contributed by atoms with E-state index in [0.29, 0.717) is 16.5 Å². The molecule has 5 nitrogen and oxygen atoms in total. The molecule has 0 bridgehead atoms. The summed E-state index contributed by atoms with van der Waals surface area (Å²) >= 11 is 0. The Morgan fingerprint density at radius 2 is 1.44 bits per heavy atom. The molecule has 160 valence electrons. The molecule has 5 heteroatoms. The van der Waals surface area contributed by atoms with Crippen LogP contribution in [0.2, 0.25) is 0 Å². The first-order valence-corrected chi connectivity index (χ1v) is 10.3.